The summed E-state index contributed by atoms with van der Waals surface area (Å²) in [5, 5.41) is 44.6. The van der Waals surface area contributed by atoms with Crippen LogP contribution in [0.1, 0.15) is 134 Å². The summed E-state index contributed by atoms with van der Waals surface area (Å²) in [6.07, 6.45) is -5.72. The molecule has 6 rings (SSSR count). The lowest BCUT2D eigenvalue weighted by Gasteiger charge is -2.49. The molecule has 6 unspecified atom stereocenters. The van der Waals surface area contributed by atoms with Gasteiger partial charge < -0.3 is 66.9 Å². The van der Waals surface area contributed by atoms with E-state index in [1.807, 2.05) is 126 Å². The summed E-state index contributed by atoms with van der Waals surface area (Å²) in [7, 11) is -5.90. The van der Waals surface area contributed by atoms with Crippen LogP contribution in [0, 0.1) is 5.92 Å². The molecule has 15 nitrogen and oxygen atoms in total. The fraction of sp³-hybridized carbons (Fsp3) is 0.712. The fourth-order valence-corrected chi connectivity index (χ4v) is 12.5. The summed E-state index contributed by atoms with van der Waals surface area (Å²) in [4.78, 5) is 11.8. The quantitative estimate of drug-likeness (QED) is 0.0654. The van der Waals surface area contributed by atoms with Gasteiger partial charge in [0.1, 0.15) is 47.8 Å². The van der Waals surface area contributed by atoms with Crippen LogP contribution < -0.4 is 0 Å². The van der Waals surface area contributed by atoms with E-state index in [1.54, 1.807) is 13.8 Å². The zero-order valence-electron chi connectivity index (χ0n) is 55.6. The standard InChI is InChI=1S/C23H38O6Si.C22H38O4Si.C21H36O5Si/c1-16-20(26-14-18-12-10-9-11-13-18)21(29-17(2)24)23(6,25)19(28-16)15-27-30(7,8)22(3,4)5;1-16-20(24-14-18-12-10-9-11-13-18)17(2)26-19(22(16,6)23)15-25-27(7,8)21(3,4)5;1-15-18(24-13-16-11-9-8-10-12-16)19(22)21(5,23)17(26-15)14-25-27(6,7)20(2,3)4/h9-13,16,19-21,25H,14-15H2,1-8H3;9-13,16-17,19-20,23H,14-15H2,1-8H3;8-12,15,17-19,22-23H,13-14H2,1-7H3/t16-,19?,20?,21+,23+;16-,17+,19?,20?,22+;15-,17?,18?,19+,21+/m010/s1. The van der Waals surface area contributed by atoms with Crippen molar-refractivity contribution >= 4 is 30.9 Å². The second-order valence-electron chi connectivity index (χ2n) is 28.9. The molecule has 0 aromatic heterocycles. The van der Waals surface area contributed by atoms with E-state index < -0.39 is 84.3 Å². The van der Waals surface area contributed by atoms with E-state index in [0.29, 0.717) is 26.4 Å². The summed E-state index contributed by atoms with van der Waals surface area (Å²) in [5.41, 5.74) is -0.775. The molecule has 478 valence electrons. The summed E-state index contributed by atoms with van der Waals surface area (Å²) in [6, 6.07) is 29.6. The average Bonchev–Trinajstić information content (AvgIpc) is 1.77. The summed E-state index contributed by atoms with van der Waals surface area (Å²) >= 11 is 0. The molecule has 3 heterocycles. The molecule has 0 radical (unpaired) electrons. The Bertz CT molecular complexity index is 2310. The SMILES string of the molecule is CC(=O)O[C@@H]1C(OCc2ccccc2)[C@H](C)OC(CO[Si](C)(C)C(C)(C)C)[C@@]1(C)O.C[C@@H]1OC(CO[Si](C)(C)C(C)(C)C)[C@@](C)(O)[C@H](C)C1OCc1ccccc1.C[C@@H]1OC(CO[Si](C)(C)C(C)(C)C)[C@@](C)(O)[C@H](O)C1OCc1ccccc1. The van der Waals surface area contributed by atoms with Crippen molar-refractivity contribution in [2.24, 2.45) is 5.92 Å². The van der Waals surface area contributed by atoms with Crippen molar-refractivity contribution in [3.05, 3.63) is 108 Å². The first-order valence-electron chi connectivity index (χ1n) is 30.3. The maximum atomic E-state index is 11.8. The zero-order chi connectivity index (χ0) is 63.7. The minimum Gasteiger partial charge on any atom is -0.456 e. The van der Waals surface area contributed by atoms with Crippen LogP contribution in [-0.4, -0.2) is 155 Å². The molecule has 84 heavy (non-hydrogen) atoms. The topological polar surface area (TPSA) is 190 Å². The monoisotopic (exact) mass is 1230 g/mol. The van der Waals surface area contributed by atoms with Gasteiger partial charge in [-0.2, -0.15) is 0 Å². The first-order valence-corrected chi connectivity index (χ1v) is 39.1. The molecule has 0 spiro atoms. The van der Waals surface area contributed by atoms with Gasteiger partial charge in [-0.3, -0.25) is 4.79 Å². The highest BCUT2D eigenvalue weighted by Gasteiger charge is 2.56. The Kier molecular flexibility index (Phi) is 26.1. The molecule has 3 aromatic carbocycles. The van der Waals surface area contributed by atoms with Crippen LogP contribution in [0.25, 0.3) is 0 Å². The van der Waals surface area contributed by atoms with Crippen LogP contribution in [0.2, 0.25) is 54.4 Å². The van der Waals surface area contributed by atoms with E-state index in [-0.39, 0.29) is 64.8 Å². The fourth-order valence-electron chi connectivity index (χ4n) is 9.52. The molecule has 18 heteroatoms. The number of carbonyl (C=O) groups excluding carboxylic acids is 1. The molecule has 0 amide bonds. The van der Waals surface area contributed by atoms with Gasteiger partial charge in [0.25, 0.3) is 0 Å². The van der Waals surface area contributed by atoms with E-state index in [1.165, 1.54) is 6.92 Å². The van der Waals surface area contributed by atoms with Gasteiger partial charge in [-0.1, -0.05) is 160 Å². The van der Waals surface area contributed by atoms with Crippen molar-refractivity contribution in [1.29, 1.82) is 0 Å². The number of hydrogen-bond donors (Lipinski definition) is 4. The van der Waals surface area contributed by atoms with E-state index in [4.69, 9.17) is 46.4 Å². The first-order chi connectivity index (χ1) is 38.5. The molecular formula is C66H112O15Si3. The number of carbonyl (C=O) groups is 1. The van der Waals surface area contributed by atoms with Crippen molar-refractivity contribution in [3.63, 3.8) is 0 Å². The van der Waals surface area contributed by atoms with E-state index in [2.05, 4.69) is 102 Å². The van der Waals surface area contributed by atoms with Crippen LogP contribution in [-0.2, 0) is 71.1 Å². The van der Waals surface area contributed by atoms with E-state index in [0.717, 1.165) is 16.7 Å². The number of hydrogen-bond acceptors (Lipinski definition) is 15. The minimum absolute atomic E-state index is 0.0375. The third kappa shape index (κ3) is 19.6. The summed E-state index contributed by atoms with van der Waals surface area (Å²) in [5.74, 6) is -0.523. The molecule has 3 saturated heterocycles. The van der Waals surface area contributed by atoms with Crippen LogP contribution in [0.3, 0.4) is 0 Å². The van der Waals surface area contributed by atoms with Gasteiger partial charge in [0, 0.05) is 12.8 Å². The van der Waals surface area contributed by atoms with Crippen LogP contribution >= 0.6 is 0 Å². The van der Waals surface area contributed by atoms with Crippen molar-refractivity contribution in [1.82, 2.24) is 0 Å². The van der Waals surface area contributed by atoms with Gasteiger partial charge in [0.15, 0.2) is 31.1 Å². The van der Waals surface area contributed by atoms with Gasteiger partial charge in [-0.15, -0.1) is 0 Å². The first kappa shape index (κ1) is 73.7. The van der Waals surface area contributed by atoms with Gasteiger partial charge in [-0.05, 0) is 113 Å². The molecule has 4 N–H and O–H groups in total. The Morgan fingerprint density at radius 2 is 0.762 bits per heavy atom. The highest BCUT2D eigenvalue weighted by Crippen LogP contribution is 2.43. The largest absolute Gasteiger partial charge is 0.456 e. The Labute approximate surface area is 509 Å². The number of esters is 1. The van der Waals surface area contributed by atoms with Crippen molar-refractivity contribution in [2.75, 3.05) is 19.8 Å². The van der Waals surface area contributed by atoms with Gasteiger partial charge in [0.05, 0.1) is 69.7 Å². The van der Waals surface area contributed by atoms with Crippen molar-refractivity contribution < 1.29 is 71.7 Å². The summed E-state index contributed by atoms with van der Waals surface area (Å²) < 4.78 is 61.0. The maximum Gasteiger partial charge on any atom is 0.303 e. The maximum absolute atomic E-state index is 11.8. The minimum atomic E-state index is -2.03. The lowest BCUT2D eigenvalue weighted by molar-refractivity contribution is -0.280. The molecular weight excluding hydrogens is 1120 g/mol. The second-order valence-corrected chi connectivity index (χ2v) is 43.4. The average molecular weight is 1230 g/mol. The lowest BCUT2D eigenvalue weighted by atomic mass is 9.77. The predicted octanol–water partition coefficient (Wildman–Crippen LogP) is 12.3. The normalized spacial score (nSPS) is 31.7. The third-order valence-electron chi connectivity index (χ3n) is 19.0. The molecule has 15 atom stereocenters. The number of benzene rings is 3. The summed E-state index contributed by atoms with van der Waals surface area (Å²) in [6.45, 7) is 49.1. The number of aliphatic hydroxyl groups excluding tert-OH is 1. The highest BCUT2D eigenvalue weighted by atomic mass is 28.4. The smallest absolute Gasteiger partial charge is 0.303 e. The Morgan fingerprint density at radius 3 is 1.10 bits per heavy atom. The van der Waals surface area contributed by atoms with Crippen LogP contribution in [0.5, 0.6) is 0 Å². The molecule has 0 bridgehead atoms. The number of ether oxygens (including phenoxy) is 7. The molecule has 3 aliphatic heterocycles. The van der Waals surface area contributed by atoms with Crippen LogP contribution in [0.15, 0.2) is 91.0 Å². The highest BCUT2D eigenvalue weighted by molar-refractivity contribution is 6.74. The molecule has 0 saturated carbocycles. The Hall–Kier alpha value is -2.74. The lowest BCUT2D eigenvalue weighted by Crippen LogP contribution is -2.67. The Balaban J connectivity index is 0.000000271. The van der Waals surface area contributed by atoms with Gasteiger partial charge >= 0.3 is 5.97 Å². The predicted molar refractivity (Wildman–Crippen MR) is 340 cm³/mol. The molecule has 3 fully saturated rings. The zero-order valence-corrected chi connectivity index (χ0v) is 58.6. The third-order valence-corrected chi connectivity index (χ3v) is 32.5. The van der Waals surface area contributed by atoms with Crippen molar-refractivity contribution in [2.45, 2.75) is 276 Å². The Morgan fingerprint density at radius 1 is 0.476 bits per heavy atom. The van der Waals surface area contributed by atoms with Crippen molar-refractivity contribution in [3.8, 4) is 0 Å². The van der Waals surface area contributed by atoms with Gasteiger partial charge in [0.2, 0.25) is 0 Å². The molecule has 3 aromatic rings. The molecule has 0 aliphatic carbocycles. The number of aliphatic hydroxyl groups is 4. The number of rotatable bonds is 19. The van der Waals surface area contributed by atoms with Crippen LogP contribution in [0.4, 0.5) is 0 Å². The van der Waals surface area contributed by atoms with E-state index >= 15 is 0 Å². The van der Waals surface area contributed by atoms with E-state index in [9.17, 15) is 25.2 Å². The van der Waals surface area contributed by atoms with Gasteiger partial charge in [-0.25, -0.2) is 0 Å². The second kappa shape index (κ2) is 29.7. The molecule has 3 aliphatic rings.